The first-order valence-corrected chi connectivity index (χ1v) is 11.9. The van der Waals surface area contributed by atoms with Crippen LogP contribution in [0.5, 0.6) is 5.75 Å². The van der Waals surface area contributed by atoms with Gasteiger partial charge >= 0.3 is 5.97 Å². The van der Waals surface area contributed by atoms with E-state index >= 15 is 0 Å². The Balaban J connectivity index is 1.61. The van der Waals surface area contributed by atoms with Gasteiger partial charge in [0.25, 0.3) is 5.91 Å². The summed E-state index contributed by atoms with van der Waals surface area (Å²) in [7, 11) is 1.61. The van der Waals surface area contributed by atoms with E-state index in [-0.39, 0.29) is 12.5 Å². The minimum atomic E-state index is -0.461. The van der Waals surface area contributed by atoms with E-state index in [4.69, 9.17) is 14.5 Å². The largest absolute Gasteiger partial charge is 0.497 e. The van der Waals surface area contributed by atoms with Gasteiger partial charge in [0.15, 0.2) is 0 Å². The van der Waals surface area contributed by atoms with Gasteiger partial charge in [-0.15, -0.1) is 11.3 Å². The first-order valence-electron chi connectivity index (χ1n) is 11.1. The molecule has 0 aliphatic rings. The van der Waals surface area contributed by atoms with Gasteiger partial charge in [0.2, 0.25) is 0 Å². The fourth-order valence-electron chi connectivity index (χ4n) is 4.00. The molecule has 174 valence electrons. The van der Waals surface area contributed by atoms with Crippen LogP contribution >= 0.6 is 11.3 Å². The first-order chi connectivity index (χ1) is 17.1. The van der Waals surface area contributed by atoms with Crippen LogP contribution in [0.25, 0.3) is 32.2 Å². The number of benzene rings is 3. The number of hydrogen-bond donors (Lipinski definition) is 1. The lowest BCUT2D eigenvalue weighted by molar-refractivity contribution is 0.0530. The van der Waals surface area contributed by atoms with Crippen molar-refractivity contribution in [3.63, 3.8) is 0 Å². The second-order valence-electron chi connectivity index (χ2n) is 7.78. The molecule has 2 heterocycles. The molecule has 3 aromatic carbocycles. The zero-order chi connectivity index (χ0) is 24.4. The maximum atomic E-state index is 13.6. The van der Waals surface area contributed by atoms with Crippen LogP contribution < -0.4 is 10.1 Å². The molecule has 35 heavy (non-hydrogen) atoms. The maximum absolute atomic E-state index is 13.6. The Hall–Kier alpha value is -4.23. The second kappa shape index (κ2) is 9.56. The van der Waals surface area contributed by atoms with Crippen molar-refractivity contribution in [3.05, 3.63) is 90.0 Å². The van der Waals surface area contributed by atoms with Crippen molar-refractivity contribution in [2.45, 2.75) is 6.92 Å². The number of aromatic nitrogens is 1. The second-order valence-corrected chi connectivity index (χ2v) is 8.83. The lowest BCUT2D eigenvalue weighted by atomic mass is 10.0. The third kappa shape index (κ3) is 4.34. The third-order valence-corrected chi connectivity index (χ3v) is 6.71. The van der Waals surface area contributed by atoms with Crippen molar-refractivity contribution in [2.24, 2.45) is 0 Å². The van der Waals surface area contributed by atoms with Crippen LogP contribution in [0.4, 0.5) is 5.00 Å². The Kier molecular flexibility index (Phi) is 6.16. The molecule has 0 atom stereocenters. The highest BCUT2D eigenvalue weighted by Crippen LogP contribution is 2.37. The molecular weight excluding hydrogens is 460 g/mol. The number of carbonyl (C=O) groups excluding carboxylic acids is 2. The number of rotatable bonds is 6. The summed E-state index contributed by atoms with van der Waals surface area (Å²) < 4.78 is 11.5. The van der Waals surface area contributed by atoms with E-state index in [1.807, 2.05) is 72.8 Å². The van der Waals surface area contributed by atoms with Gasteiger partial charge in [0.1, 0.15) is 16.3 Å². The smallest absolute Gasteiger partial charge is 0.341 e. The topological polar surface area (TPSA) is 77.5 Å². The molecule has 0 unspecified atom stereocenters. The number of anilines is 1. The minimum Gasteiger partial charge on any atom is -0.497 e. The maximum Gasteiger partial charge on any atom is 0.341 e. The average Bonchev–Trinajstić information content (AvgIpc) is 3.26. The minimum absolute atomic E-state index is 0.245. The van der Waals surface area contributed by atoms with Gasteiger partial charge in [0.05, 0.1) is 30.5 Å². The number of thiophene rings is 1. The van der Waals surface area contributed by atoms with E-state index in [9.17, 15) is 9.59 Å². The Labute approximate surface area is 206 Å². The highest BCUT2D eigenvalue weighted by Gasteiger charge is 2.23. The number of methoxy groups -OCH3 is 1. The monoisotopic (exact) mass is 482 g/mol. The predicted octanol–water partition coefficient (Wildman–Crippen LogP) is 6.55. The van der Waals surface area contributed by atoms with Crippen LogP contribution in [0, 0.1) is 0 Å². The van der Waals surface area contributed by atoms with E-state index in [0.717, 1.165) is 21.0 Å². The van der Waals surface area contributed by atoms with Gasteiger partial charge in [0, 0.05) is 21.0 Å². The van der Waals surface area contributed by atoms with Gasteiger partial charge in [-0.2, -0.15) is 0 Å². The molecule has 0 spiro atoms. The molecule has 0 aliphatic heterocycles. The molecule has 0 fully saturated rings. The highest BCUT2D eigenvalue weighted by atomic mass is 32.1. The number of pyridine rings is 1. The molecule has 1 amide bonds. The SMILES string of the molecule is CCOC(=O)c1c(NC(=O)c2cc(-c3cccc(OC)c3)nc3ccccc23)sc2ccccc12. The molecule has 0 radical (unpaired) electrons. The lowest BCUT2D eigenvalue weighted by Crippen LogP contribution is -2.15. The van der Waals surface area contributed by atoms with Gasteiger partial charge in [-0.25, -0.2) is 9.78 Å². The van der Waals surface area contributed by atoms with Crippen molar-refractivity contribution in [1.29, 1.82) is 0 Å². The number of nitrogens with zero attached hydrogens (tertiary/aromatic N) is 1. The lowest BCUT2D eigenvalue weighted by Gasteiger charge is -2.11. The van der Waals surface area contributed by atoms with E-state index in [0.29, 0.717) is 33.1 Å². The van der Waals surface area contributed by atoms with Crippen molar-refractivity contribution in [1.82, 2.24) is 4.98 Å². The van der Waals surface area contributed by atoms with Gasteiger partial charge in [-0.3, -0.25) is 4.79 Å². The van der Waals surface area contributed by atoms with E-state index in [1.165, 1.54) is 11.3 Å². The van der Waals surface area contributed by atoms with Crippen LogP contribution in [0.3, 0.4) is 0 Å². The molecule has 0 bridgehead atoms. The summed E-state index contributed by atoms with van der Waals surface area (Å²) in [6.07, 6.45) is 0. The van der Waals surface area contributed by atoms with E-state index < -0.39 is 5.97 Å². The number of nitrogens with one attached hydrogen (secondary N) is 1. The van der Waals surface area contributed by atoms with Crippen LogP contribution in [0.1, 0.15) is 27.6 Å². The number of esters is 1. The molecular formula is C28H22N2O4S. The van der Waals surface area contributed by atoms with Crippen molar-refractivity contribution < 1.29 is 19.1 Å². The van der Waals surface area contributed by atoms with Gasteiger partial charge in [-0.05, 0) is 37.3 Å². The summed E-state index contributed by atoms with van der Waals surface area (Å²) in [6.45, 7) is 2.00. The normalized spacial score (nSPS) is 10.9. The standard InChI is InChI=1S/C28H22N2O4S/c1-3-34-28(32)25-20-12-5-7-14-24(20)35-27(25)30-26(31)21-16-23(17-9-8-10-18(15-17)33-2)29-22-13-6-4-11-19(21)22/h4-16H,3H2,1-2H3,(H,30,31). The number of para-hydroxylation sites is 1. The summed E-state index contributed by atoms with van der Waals surface area (Å²) >= 11 is 1.35. The van der Waals surface area contributed by atoms with E-state index in [2.05, 4.69) is 5.32 Å². The van der Waals surface area contributed by atoms with Gasteiger partial charge < -0.3 is 14.8 Å². The zero-order valence-corrected chi connectivity index (χ0v) is 20.0. The molecule has 2 aromatic heterocycles. The highest BCUT2D eigenvalue weighted by molar-refractivity contribution is 7.23. The van der Waals surface area contributed by atoms with Crippen LogP contribution in [-0.2, 0) is 4.74 Å². The Bertz CT molecular complexity index is 1570. The zero-order valence-electron chi connectivity index (χ0n) is 19.2. The molecule has 0 saturated heterocycles. The van der Waals surface area contributed by atoms with E-state index in [1.54, 1.807) is 20.1 Å². The number of fused-ring (bicyclic) bond motifs is 2. The summed E-state index contributed by atoms with van der Waals surface area (Å²) in [5.41, 5.74) is 3.00. The molecule has 0 saturated carbocycles. The van der Waals surface area contributed by atoms with Gasteiger partial charge in [-0.1, -0.05) is 48.5 Å². The summed E-state index contributed by atoms with van der Waals surface area (Å²) in [4.78, 5) is 31.2. The van der Waals surface area contributed by atoms with Crippen molar-refractivity contribution in [2.75, 3.05) is 19.0 Å². The first kappa shape index (κ1) is 22.6. The number of carbonyl (C=O) groups is 2. The fraction of sp³-hybridized carbons (Fsp3) is 0.107. The Morgan fingerprint density at radius 3 is 2.51 bits per heavy atom. The molecule has 0 aliphatic carbocycles. The van der Waals surface area contributed by atoms with Crippen LogP contribution in [0.2, 0.25) is 0 Å². The Morgan fingerprint density at radius 1 is 0.943 bits per heavy atom. The van der Waals surface area contributed by atoms with Crippen molar-refractivity contribution >= 4 is 49.2 Å². The number of amides is 1. The van der Waals surface area contributed by atoms with Crippen LogP contribution in [-0.4, -0.2) is 30.6 Å². The Morgan fingerprint density at radius 2 is 1.71 bits per heavy atom. The molecule has 1 N–H and O–H groups in total. The summed E-state index contributed by atoms with van der Waals surface area (Å²) in [5, 5.41) is 4.90. The molecule has 6 nitrogen and oxygen atoms in total. The summed E-state index contributed by atoms with van der Waals surface area (Å²) in [5.74, 6) is -0.0884. The van der Waals surface area contributed by atoms with Crippen LogP contribution in [0.15, 0.2) is 78.9 Å². The number of ether oxygens (including phenoxy) is 2. The molecule has 7 heteroatoms. The quantitative estimate of drug-likeness (QED) is 0.278. The fourth-order valence-corrected chi connectivity index (χ4v) is 5.09. The predicted molar refractivity (Wildman–Crippen MR) is 139 cm³/mol. The average molecular weight is 483 g/mol. The molecule has 5 rings (SSSR count). The number of hydrogen-bond acceptors (Lipinski definition) is 6. The third-order valence-electron chi connectivity index (χ3n) is 5.63. The summed E-state index contributed by atoms with van der Waals surface area (Å²) in [6, 6.07) is 24.3. The molecule has 5 aromatic rings. The van der Waals surface area contributed by atoms with Crippen molar-refractivity contribution in [3.8, 4) is 17.0 Å².